The number of halogens is 1. The van der Waals surface area contributed by atoms with Crippen LogP contribution in [-0.2, 0) is 14.3 Å². The standard InChI is InChI=1S/C14H14ClNO3/c1-19-13(18)7-4-10-8-12(17)16-14(10)9-2-5-11(15)6-3-9/h2-3,5-6H,4,7-8H2,1H3,(H,16,17). The summed E-state index contributed by atoms with van der Waals surface area (Å²) in [5.74, 6) is -0.327. The minimum absolute atomic E-state index is 0.0511. The van der Waals surface area contributed by atoms with Crippen LogP contribution < -0.4 is 5.32 Å². The van der Waals surface area contributed by atoms with Crippen LogP contribution in [-0.4, -0.2) is 19.0 Å². The van der Waals surface area contributed by atoms with Crippen LogP contribution in [0.3, 0.4) is 0 Å². The van der Waals surface area contributed by atoms with Gasteiger partial charge in [0, 0.05) is 17.1 Å². The predicted octanol–water partition coefficient (Wildman–Crippen LogP) is 2.52. The lowest BCUT2D eigenvalue weighted by molar-refractivity contribution is -0.140. The molecule has 1 heterocycles. The molecule has 0 bridgehead atoms. The number of carbonyl (C=O) groups excluding carboxylic acids is 2. The first-order valence-corrected chi connectivity index (χ1v) is 6.32. The number of nitrogens with one attached hydrogen (secondary N) is 1. The van der Waals surface area contributed by atoms with Crippen LogP contribution in [0.2, 0.25) is 5.02 Å². The Bertz CT molecular complexity index is 534. The molecule has 1 aromatic rings. The zero-order valence-electron chi connectivity index (χ0n) is 10.5. The number of methoxy groups -OCH3 is 1. The first kappa shape index (κ1) is 13.6. The highest BCUT2D eigenvalue weighted by Crippen LogP contribution is 2.28. The van der Waals surface area contributed by atoms with Gasteiger partial charge in [0.15, 0.2) is 0 Å². The van der Waals surface area contributed by atoms with Gasteiger partial charge in [-0.1, -0.05) is 23.7 Å². The van der Waals surface area contributed by atoms with Crippen molar-refractivity contribution in [1.82, 2.24) is 5.32 Å². The van der Waals surface area contributed by atoms with Gasteiger partial charge in [-0.3, -0.25) is 9.59 Å². The Balaban J connectivity index is 2.20. The minimum Gasteiger partial charge on any atom is -0.469 e. The third kappa shape index (κ3) is 3.35. The molecule has 1 amide bonds. The Morgan fingerprint density at radius 1 is 1.37 bits per heavy atom. The number of hydrogen-bond donors (Lipinski definition) is 1. The van der Waals surface area contributed by atoms with Gasteiger partial charge in [0.05, 0.1) is 13.5 Å². The Morgan fingerprint density at radius 2 is 2.05 bits per heavy atom. The fourth-order valence-electron chi connectivity index (χ4n) is 2.02. The number of ether oxygens (including phenoxy) is 1. The minimum atomic E-state index is -0.276. The van der Waals surface area contributed by atoms with E-state index in [0.29, 0.717) is 17.9 Å². The second kappa shape index (κ2) is 5.89. The summed E-state index contributed by atoms with van der Waals surface area (Å²) in [5.41, 5.74) is 2.61. The molecule has 0 unspecified atom stereocenters. The summed E-state index contributed by atoms with van der Waals surface area (Å²) < 4.78 is 4.61. The average Bonchev–Trinajstić information content (AvgIpc) is 2.78. The Labute approximate surface area is 116 Å². The second-order valence-electron chi connectivity index (χ2n) is 4.29. The van der Waals surface area contributed by atoms with Gasteiger partial charge in [-0.2, -0.15) is 0 Å². The van der Waals surface area contributed by atoms with Crippen molar-refractivity contribution >= 4 is 29.2 Å². The fourth-order valence-corrected chi connectivity index (χ4v) is 2.14. The van der Waals surface area contributed by atoms with Crippen LogP contribution in [0.4, 0.5) is 0 Å². The SMILES string of the molecule is COC(=O)CCC1=C(c2ccc(Cl)cc2)NC(=O)C1. The van der Waals surface area contributed by atoms with E-state index < -0.39 is 0 Å². The molecule has 2 rings (SSSR count). The highest BCUT2D eigenvalue weighted by atomic mass is 35.5. The van der Waals surface area contributed by atoms with Crippen molar-refractivity contribution in [2.75, 3.05) is 7.11 Å². The molecule has 0 atom stereocenters. The van der Waals surface area contributed by atoms with E-state index in [1.807, 2.05) is 12.1 Å². The quantitative estimate of drug-likeness (QED) is 0.862. The summed E-state index contributed by atoms with van der Waals surface area (Å²) in [6.07, 6.45) is 1.12. The van der Waals surface area contributed by atoms with Crippen LogP contribution in [0, 0.1) is 0 Å². The maximum absolute atomic E-state index is 11.5. The van der Waals surface area contributed by atoms with Gasteiger partial charge in [0.1, 0.15) is 0 Å². The molecule has 0 aliphatic carbocycles. The van der Waals surface area contributed by atoms with E-state index in [1.54, 1.807) is 12.1 Å². The number of rotatable bonds is 4. The number of carbonyl (C=O) groups is 2. The van der Waals surface area contributed by atoms with Crippen molar-refractivity contribution in [3.63, 3.8) is 0 Å². The first-order valence-electron chi connectivity index (χ1n) is 5.95. The molecule has 0 fully saturated rings. The highest BCUT2D eigenvalue weighted by molar-refractivity contribution is 6.30. The van der Waals surface area contributed by atoms with E-state index in [1.165, 1.54) is 7.11 Å². The molecule has 19 heavy (non-hydrogen) atoms. The van der Waals surface area contributed by atoms with E-state index in [2.05, 4.69) is 10.1 Å². The molecule has 0 radical (unpaired) electrons. The van der Waals surface area contributed by atoms with Gasteiger partial charge < -0.3 is 10.1 Å². The van der Waals surface area contributed by atoms with E-state index in [9.17, 15) is 9.59 Å². The summed E-state index contributed by atoms with van der Waals surface area (Å²) in [6, 6.07) is 7.24. The number of hydrogen-bond acceptors (Lipinski definition) is 3. The predicted molar refractivity (Wildman–Crippen MR) is 72.4 cm³/mol. The van der Waals surface area contributed by atoms with E-state index in [-0.39, 0.29) is 18.3 Å². The van der Waals surface area contributed by atoms with Crippen molar-refractivity contribution < 1.29 is 14.3 Å². The first-order chi connectivity index (χ1) is 9.10. The van der Waals surface area contributed by atoms with Crippen LogP contribution >= 0.6 is 11.6 Å². The Hall–Kier alpha value is -1.81. The molecule has 1 aromatic carbocycles. The molecule has 100 valence electrons. The smallest absolute Gasteiger partial charge is 0.305 e. The molecule has 0 saturated carbocycles. The average molecular weight is 280 g/mol. The lowest BCUT2D eigenvalue weighted by Gasteiger charge is -2.07. The number of benzene rings is 1. The monoisotopic (exact) mass is 279 g/mol. The van der Waals surface area contributed by atoms with Gasteiger partial charge in [-0.15, -0.1) is 0 Å². The van der Waals surface area contributed by atoms with Gasteiger partial charge >= 0.3 is 5.97 Å². The third-order valence-electron chi connectivity index (χ3n) is 2.98. The normalized spacial score (nSPS) is 14.5. The molecule has 0 aromatic heterocycles. The van der Waals surface area contributed by atoms with Crippen LogP contribution in [0.25, 0.3) is 5.70 Å². The van der Waals surface area contributed by atoms with Gasteiger partial charge in [0.2, 0.25) is 5.91 Å². The highest BCUT2D eigenvalue weighted by Gasteiger charge is 2.22. The van der Waals surface area contributed by atoms with Gasteiger partial charge in [-0.25, -0.2) is 0 Å². The van der Waals surface area contributed by atoms with Crippen molar-refractivity contribution in [1.29, 1.82) is 0 Å². The van der Waals surface area contributed by atoms with Crippen LogP contribution in [0.15, 0.2) is 29.8 Å². The molecule has 0 saturated heterocycles. The van der Waals surface area contributed by atoms with Crippen molar-refractivity contribution in [3.05, 3.63) is 40.4 Å². The van der Waals surface area contributed by atoms with Gasteiger partial charge in [0.25, 0.3) is 0 Å². The summed E-state index contributed by atoms with van der Waals surface area (Å²) in [6.45, 7) is 0. The summed E-state index contributed by atoms with van der Waals surface area (Å²) in [5, 5.41) is 3.47. The van der Waals surface area contributed by atoms with Crippen molar-refractivity contribution in [2.24, 2.45) is 0 Å². The molecular formula is C14H14ClNO3. The fraction of sp³-hybridized carbons (Fsp3) is 0.286. The number of esters is 1. The summed E-state index contributed by atoms with van der Waals surface area (Å²) in [7, 11) is 1.36. The molecule has 1 aliphatic rings. The van der Waals surface area contributed by atoms with Gasteiger partial charge in [-0.05, 0) is 29.7 Å². The molecule has 4 nitrogen and oxygen atoms in total. The zero-order chi connectivity index (χ0) is 13.8. The third-order valence-corrected chi connectivity index (χ3v) is 3.24. The molecule has 0 spiro atoms. The van der Waals surface area contributed by atoms with E-state index >= 15 is 0 Å². The molecule has 1 aliphatic heterocycles. The van der Waals surface area contributed by atoms with Crippen molar-refractivity contribution in [3.8, 4) is 0 Å². The lowest BCUT2D eigenvalue weighted by Crippen LogP contribution is -2.13. The van der Waals surface area contributed by atoms with Crippen LogP contribution in [0.1, 0.15) is 24.8 Å². The molecule has 5 heteroatoms. The summed E-state index contributed by atoms with van der Waals surface area (Å²) in [4.78, 5) is 22.7. The maximum atomic E-state index is 11.5. The molecular weight excluding hydrogens is 266 g/mol. The number of amides is 1. The zero-order valence-corrected chi connectivity index (χ0v) is 11.3. The topological polar surface area (TPSA) is 55.4 Å². The van der Waals surface area contributed by atoms with Crippen molar-refractivity contribution in [2.45, 2.75) is 19.3 Å². The second-order valence-corrected chi connectivity index (χ2v) is 4.72. The van der Waals surface area contributed by atoms with Crippen LogP contribution in [0.5, 0.6) is 0 Å². The lowest BCUT2D eigenvalue weighted by atomic mass is 10.0. The van der Waals surface area contributed by atoms with E-state index in [4.69, 9.17) is 11.6 Å². The molecule has 1 N–H and O–H groups in total. The summed E-state index contributed by atoms with van der Waals surface area (Å²) >= 11 is 5.84. The maximum Gasteiger partial charge on any atom is 0.305 e. The Kier molecular flexibility index (Phi) is 4.22. The van der Waals surface area contributed by atoms with E-state index in [0.717, 1.165) is 16.8 Å². The Morgan fingerprint density at radius 3 is 2.68 bits per heavy atom. The largest absolute Gasteiger partial charge is 0.469 e.